The smallest absolute Gasteiger partial charge is 0.165 e. The highest BCUT2D eigenvalue weighted by Crippen LogP contribution is 2.23. The van der Waals surface area contributed by atoms with E-state index in [4.69, 9.17) is 10.5 Å². The Bertz CT molecular complexity index is 452. The number of benzene rings is 1. The minimum absolute atomic E-state index is 0.0743. The molecule has 0 amide bonds. The van der Waals surface area contributed by atoms with Gasteiger partial charge >= 0.3 is 0 Å². The molecule has 1 rings (SSSR count). The number of carbonyl (C=O) groups is 1. The standard InChI is InChI=1S/C15H22FNO2/c1-15(2,3)9-11(17)8-13(18)10-5-6-14(19-4)12(16)7-10/h5-7,11H,8-9,17H2,1-4H3. The summed E-state index contributed by atoms with van der Waals surface area (Å²) in [5.41, 5.74) is 6.36. The largest absolute Gasteiger partial charge is 0.494 e. The Morgan fingerprint density at radius 1 is 1.42 bits per heavy atom. The van der Waals surface area contributed by atoms with E-state index in [1.165, 1.54) is 19.2 Å². The number of hydrogen-bond acceptors (Lipinski definition) is 3. The van der Waals surface area contributed by atoms with Crippen LogP contribution in [0.3, 0.4) is 0 Å². The summed E-state index contributed by atoms with van der Waals surface area (Å²) in [6.07, 6.45) is 0.973. The van der Waals surface area contributed by atoms with Gasteiger partial charge in [0, 0.05) is 18.0 Å². The van der Waals surface area contributed by atoms with E-state index in [9.17, 15) is 9.18 Å². The van der Waals surface area contributed by atoms with Gasteiger partial charge in [-0.25, -0.2) is 4.39 Å². The van der Waals surface area contributed by atoms with Crippen LogP contribution in [-0.4, -0.2) is 18.9 Å². The molecule has 0 aliphatic heterocycles. The average Bonchev–Trinajstić information content (AvgIpc) is 2.26. The summed E-state index contributed by atoms with van der Waals surface area (Å²) >= 11 is 0. The average molecular weight is 267 g/mol. The third-order valence-electron chi connectivity index (χ3n) is 2.80. The zero-order valence-electron chi connectivity index (χ0n) is 12.0. The second-order valence-corrected chi connectivity index (χ2v) is 6.00. The predicted octanol–water partition coefficient (Wildman–Crippen LogP) is 3.17. The molecule has 4 heteroatoms. The minimum Gasteiger partial charge on any atom is -0.494 e. The Morgan fingerprint density at radius 2 is 2.05 bits per heavy atom. The minimum atomic E-state index is -0.530. The van der Waals surface area contributed by atoms with Crippen LogP contribution in [0.25, 0.3) is 0 Å². The van der Waals surface area contributed by atoms with E-state index in [2.05, 4.69) is 20.8 Å². The van der Waals surface area contributed by atoms with Crippen molar-refractivity contribution in [3.63, 3.8) is 0 Å². The van der Waals surface area contributed by atoms with Crippen molar-refractivity contribution in [3.05, 3.63) is 29.6 Å². The lowest BCUT2D eigenvalue weighted by atomic mass is 9.86. The molecule has 0 saturated carbocycles. The van der Waals surface area contributed by atoms with Gasteiger partial charge < -0.3 is 10.5 Å². The van der Waals surface area contributed by atoms with Gasteiger partial charge in [0.1, 0.15) is 0 Å². The number of hydrogen-bond donors (Lipinski definition) is 1. The maximum absolute atomic E-state index is 13.5. The molecule has 0 radical (unpaired) electrons. The molecule has 1 atom stereocenters. The second-order valence-electron chi connectivity index (χ2n) is 6.00. The topological polar surface area (TPSA) is 52.3 Å². The van der Waals surface area contributed by atoms with Gasteiger partial charge in [-0.3, -0.25) is 4.79 Å². The fourth-order valence-electron chi connectivity index (χ4n) is 2.05. The quantitative estimate of drug-likeness (QED) is 0.834. The van der Waals surface area contributed by atoms with Crippen molar-refractivity contribution >= 4 is 5.78 Å². The number of methoxy groups -OCH3 is 1. The third-order valence-corrected chi connectivity index (χ3v) is 2.80. The number of carbonyl (C=O) groups excluding carboxylic acids is 1. The van der Waals surface area contributed by atoms with Gasteiger partial charge in [0.15, 0.2) is 17.3 Å². The van der Waals surface area contributed by atoms with Crippen LogP contribution in [0.15, 0.2) is 18.2 Å². The highest BCUT2D eigenvalue weighted by atomic mass is 19.1. The van der Waals surface area contributed by atoms with Crippen LogP contribution < -0.4 is 10.5 Å². The van der Waals surface area contributed by atoms with Crippen LogP contribution in [0, 0.1) is 11.2 Å². The monoisotopic (exact) mass is 267 g/mol. The lowest BCUT2D eigenvalue weighted by molar-refractivity contribution is 0.0967. The Hall–Kier alpha value is -1.42. The number of Topliss-reactive ketones (excluding diaryl/α,β-unsaturated/α-hetero) is 1. The fourth-order valence-corrected chi connectivity index (χ4v) is 2.05. The van der Waals surface area contributed by atoms with Gasteiger partial charge in [-0.2, -0.15) is 0 Å². The highest BCUT2D eigenvalue weighted by Gasteiger charge is 2.19. The Kier molecular flexibility index (Phi) is 5.06. The first-order chi connectivity index (χ1) is 8.73. The summed E-state index contributed by atoms with van der Waals surface area (Å²) in [6.45, 7) is 6.22. The molecular weight excluding hydrogens is 245 g/mol. The van der Waals surface area contributed by atoms with E-state index >= 15 is 0 Å². The van der Waals surface area contributed by atoms with Crippen molar-refractivity contribution in [1.82, 2.24) is 0 Å². The van der Waals surface area contributed by atoms with Crippen molar-refractivity contribution in [3.8, 4) is 5.75 Å². The van der Waals surface area contributed by atoms with Gasteiger partial charge in [-0.1, -0.05) is 20.8 Å². The van der Waals surface area contributed by atoms with E-state index in [0.29, 0.717) is 5.56 Å². The summed E-state index contributed by atoms with van der Waals surface area (Å²) in [7, 11) is 1.39. The van der Waals surface area contributed by atoms with Crippen LogP contribution in [0.1, 0.15) is 44.0 Å². The fraction of sp³-hybridized carbons (Fsp3) is 0.533. The normalized spacial score (nSPS) is 13.2. The molecule has 2 N–H and O–H groups in total. The zero-order valence-corrected chi connectivity index (χ0v) is 12.0. The van der Waals surface area contributed by atoms with Crippen molar-refractivity contribution in [2.75, 3.05) is 7.11 Å². The molecule has 0 aliphatic carbocycles. The molecule has 0 saturated heterocycles. The zero-order chi connectivity index (χ0) is 14.6. The van der Waals surface area contributed by atoms with E-state index in [0.717, 1.165) is 6.42 Å². The molecule has 19 heavy (non-hydrogen) atoms. The second kappa shape index (κ2) is 6.15. The van der Waals surface area contributed by atoms with Gasteiger partial charge in [-0.15, -0.1) is 0 Å². The van der Waals surface area contributed by atoms with E-state index in [-0.39, 0.29) is 29.4 Å². The molecule has 3 nitrogen and oxygen atoms in total. The molecule has 1 aromatic rings. The van der Waals surface area contributed by atoms with Gasteiger partial charge in [0.2, 0.25) is 0 Å². The van der Waals surface area contributed by atoms with E-state index in [1.54, 1.807) is 6.07 Å². The summed E-state index contributed by atoms with van der Waals surface area (Å²) in [6, 6.07) is 4.01. The number of ether oxygens (including phenoxy) is 1. The van der Waals surface area contributed by atoms with Crippen LogP contribution >= 0.6 is 0 Å². The molecule has 106 valence electrons. The number of nitrogens with two attached hydrogens (primary N) is 1. The summed E-state index contributed by atoms with van der Waals surface area (Å²) in [5.74, 6) is -0.536. The molecule has 0 bridgehead atoms. The molecule has 0 aromatic heterocycles. The van der Waals surface area contributed by atoms with Crippen molar-refractivity contribution in [2.45, 2.75) is 39.7 Å². The van der Waals surface area contributed by atoms with Crippen molar-refractivity contribution in [2.24, 2.45) is 11.1 Å². The Balaban J connectivity index is 2.71. The first-order valence-electron chi connectivity index (χ1n) is 6.35. The van der Waals surface area contributed by atoms with Crippen LogP contribution in [0.5, 0.6) is 5.75 Å². The SMILES string of the molecule is COc1ccc(C(=O)CC(N)CC(C)(C)C)cc1F. The summed E-state index contributed by atoms with van der Waals surface area (Å²) in [4.78, 5) is 12.0. The van der Waals surface area contributed by atoms with Gasteiger partial charge in [0.05, 0.1) is 7.11 Å². The number of ketones is 1. The summed E-state index contributed by atoms with van der Waals surface area (Å²) in [5, 5.41) is 0. The van der Waals surface area contributed by atoms with Crippen LogP contribution in [0.4, 0.5) is 4.39 Å². The maximum atomic E-state index is 13.5. The Labute approximate surface area is 113 Å². The first-order valence-corrected chi connectivity index (χ1v) is 6.35. The number of rotatable bonds is 5. The van der Waals surface area contributed by atoms with E-state index < -0.39 is 5.82 Å². The first kappa shape index (κ1) is 15.6. The highest BCUT2D eigenvalue weighted by molar-refractivity contribution is 5.96. The lowest BCUT2D eigenvalue weighted by Gasteiger charge is -2.22. The molecule has 1 aromatic carbocycles. The molecule has 0 aliphatic rings. The maximum Gasteiger partial charge on any atom is 0.165 e. The third kappa shape index (κ3) is 4.99. The predicted molar refractivity (Wildman–Crippen MR) is 73.9 cm³/mol. The lowest BCUT2D eigenvalue weighted by Crippen LogP contribution is -2.29. The Morgan fingerprint density at radius 3 is 2.53 bits per heavy atom. The van der Waals surface area contributed by atoms with Crippen molar-refractivity contribution < 1.29 is 13.9 Å². The van der Waals surface area contributed by atoms with E-state index in [1.807, 2.05) is 0 Å². The van der Waals surface area contributed by atoms with Crippen LogP contribution in [-0.2, 0) is 0 Å². The molecule has 1 unspecified atom stereocenters. The molecule has 0 heterocycles. The van der Waals surface area contributed by atoms with Crippen LogP contribution in [0.2, 0.25) is 0 Å². The molecule has 0 spiro atoms. The number of halogens is 1. The molecule has 0 fully saturated rings. The van der Waals surface area contributed by atoms with Crippen molar-refractivity contribution in [1.29, 1.82) is 0 Å². The summed E-state index contributed by atoms with van der Waals surface area (Å²) < 4.78 is 18.3. The molecular formula is C15H22FNO2. The van der Waals surface area contributed by atoms with Gasteiger partial charge in [-0.05, 0) is 30.0 Å². The van der Waals surface area contributed by atoms with Gasteiger partial charge in [0.25, 0.3) is 0 Å².